The summed E-state index contributed by atoms with van der Waals surface area (Å²) in [5.74, 6) is 0. The average Bonchev–Trinajstić information content (AvgIpc) is 2.29. The van der Waals surface area contributed by atoms with E-state index < -0.39 is 0 Å². The molecule has 2 nitrogen and oxygen atoms in total. The second kappa shape index (κ2) is 5.31. The van der Waals surface area contributed by atoms with Crippen molar-refractivity contribution in [2.24, 2.45) is 5.41 Å². The molecule has 2 unspecified atom stereocenters. The zero-order valence-electron chi connectivity index (χ0n) is 11.1. The third-order valence-corrected chi connectivity index (χ3v) is 3.74. The molecule has 1 saturated heterocycles. The van der Waals surface area contributed by atoms with E-state index in [1.54, 1.807) is 0 Å². The van der Waals surface area contributed by atoms with Gasteiger partial charge in [-0.3, -0.25) is 0 Å². The second-order valence-corrected chi connectivity index (χ2v) is 6.19. The Balaban J connectivity index is 2.38. The van der Waals surface area contributed by atoms with E-state index in [9.17, 15) is 0 Å². The Hall–Kier alpha value is -0.0800. The van der Waals surface area contributed by atoms with Crippen LogP contribution in [0.3, 0.4) is 0 Å². The van der Waals surface area contributed by atoms with Gasteiger partial charge in [-0.1, -0.05) is 20.8 Å². The molecule has 1 aliphatic heterocycles. The summed E-state index contributed by atoms with van der Waals surface area (Å²) in [6.45, 7) is 11.8. The molecule has 0 saturated carbocycles. The Labute approximate surface area is 95.4 Å². The van der Waals surface area contributed by atoms with Crippen molar-refractivity contribution in [1.29, 1.82) is 0 Å². The molecule has 0 aromatic carbocycles. The van der Waals surface area contributed by atoms with Gasteiger partial charge in [0.2, 0.25) is 0 Å². The van der Waals surface area contributed by atoms with Crippen LogP contribution in [0.2, 0.25) is 0 Å². The van der Waals surface area contributed by atoms with Crippen LogP contribution in [0.1, 0.15) is 47.0 Å². The summed E-state index contributed by atoms with van der Waals surface area (Å²) in [6, 6.07) is 1.33. The molecule has 90 valence electrons. The van der Waals surface area contributed by atoms with Crippen LogP contribution in [0.15, 0.2) is 0 Å². The fraction of sp³-hybridized carbons (Fsp3) is 1.00. The molecular formula is C13H28N2. The van der Waals surface area contributed by atoms with Crippen molar-refractivity contribution in [1.82, 2.24) is 10.2 Å². The largest absolute Gasteiger partial charge is 0.311 e. The summed E-state index contributed by atoms with van der Waals surface area (Å²) >= 11 is 0. The molecule has 0 bridgehead atoms. The van der Waals surface area contributed by atoms with E-state index in [0.29, 0.717) is 11.5 Å². The van der Waals surface area contributed by atoms with Gasteiger partial charge in [-0.25, -0.2) is 0 Å². The van der Waals surface area contributed by atoms with Crippen molar-refractivity contribution < 1.29 is 0 Å². The van der Waals surface area contributed by atoms with E-state index in [1.165, 1.54) is 32.4 Å². The fourth-order valence-electron chi connectivity index (χ4n) is 2.01. The summed E-state index contributed by atoms with van der Waals surface area (Å²) in [6.07, 6.45) is 3.98. The van der Waals surface area contributed by atoms with Gasteiger partial charge in [-0.05, 0) is 51.7 Å². The Morgan fingerprint density at radius 3 is 2.47 bits per heavy atom. The van der Waals surface area contributed by atoms with Gasteiger partial charge in [0, 0.05) is 12.1 Å². The quantitative estimate of drug-likeness (QED) is 0.756. The predicted molar refractivity (Wildman–Crippen MR) is 67.2 cm³/mol. The third-order valence-electron chi connectivity index (χ3n) is 3.74. The molecule has 0 spiro atoms. The smallest absolute Gasteiger partial charge is 0.00898 e. The van der Waals surface area contributed by atoms with E-state index in [4.69, 9.17) is 0 Å². The first kappa shape index (κ1) is 13.0. The van der Waals surface area contributed by atoms with Crippen molar-refractivity contribution in [3.05, 3.63) is 0 Å². The van der Waals surface area contributed by atoms with E-state index >= 15 is 0 Å². The first-order chi connectivity index (χ1) is 6.89. The molecule has 0 aromatic heterocycles. The molecule has 2 heteroatoms. The lowest BCUT2D eigenvalue weighted by Gasteiger charge is -2.32. The Morgan fingerprint density at radius 2 is 1.87 bits per heavy atom. The Bertz CT molecular complexity index is 183. The highest BCUT2D eigenvalue weighted by molar-refractivity contribution is 4.82. The first-order valence-corrected chi connectivity index (χ1v) is 6.34. The predicted octanol–water partition coefficient (Wildman–Crippen LogP) is 2.49. The summed E-state index contributed by atoms with van der Waals surface area (Å²) in [5, 5.41) is 3.79. The van der Waals surface area contributed by atoms with Crippen molar-refractivity contribution in [3.63, 3.8) is 0 Å². The van der Waals surface area contributed by atoms with Crippen molar-refractivity contribution >= 4 is 0 Å². The van der Waals surface area contributed by atoms with Crippen molar-refractivity contribution in [3.8, 4) is 0 Å². The van der Waals surface area contributed by atoms with Gasteiger partial charge >= 0.3 is 0 Å². The standard InChI is InChI=1S/C13H28N2/c1-11(13(2,3)4)14-12-7-6-9-15(5)10-8-12/h11-12,14H,6-10H2,1-5H3. The molecule has 15 heavy (non-hydrogen) atoms. The average molecular weight is 212 g/mol. The Morgan fingerprint density at radius 1 is 1.20 bits per heavy atom. The molecule has 0 aromatic rings. The van der Waals surface area contributed by atoms with Crippen LogP contribution in [0.5, 0.6) is 0 Å². The molecule has 2 atom stereocenters. The van der Waals surface area contributed by atoms with Gasteiger partial charge in [0.15, 0.2) is 0 Å². The molecule has 0 aliphatic carbocycles. The maximum atomic E-state index is 3.79. The van der Waals surface area contributed by atoms with Gasteiger partial charge in [-0.15, -0.1) is 0 Å². The molecule has 1 fully saturated rings. The van der Waals surface area contributed by atoms with Gasteiger partial charge in [0.05, 0.1) is 0 Å². The van der Waals surface area contributed by atoms with Crippen LogP contribution in [0, 0.1) is 5.41 Å². The SMILES string of the molecule is CC(NC1CCCN(C)CC1)C(C)(C)C. The summed E-state index contributed by atoms with van der Waals surface area (Å²) < 4.78 is 0. The minimum atomic E-state index is 0.373. The lowest BCUT2D eigenvalue weighted by Crippen LogP contribution is -2.44. The van der Waals surface area contributed by atoms with E-state index in [-0.39, 0.29) is 0 Å². The summed E-state index contributed by atoms with van der Waals surface area (Å²) in [4.78, 5) is 2.45. The number of rotatable bonds is 2. The van der Waals surface area contributed by atoms with Crippen LogP contribution < -0.4 is 5.32 Å². The molecule has 0 amide bonds. The number of nitrogens with one attached hydrogen (secondary N) is 1. The van der Waals surface area contributed by atoms with E-state index in [2.05, 4.69) is 45.0 Å². The van der Waals surface area contributed by atoms with Gasteiger partial charge < -0.3 is 10.2 Å². The highest BCUT2D eigenvalue weighted by atomic mass is 15.1. The maximum absolute atomic E-state index is 3.79. The van der Waals surface area contributed by atoms with Crippen LogP contribution in [-0.4, -0.2) is 37.1 Å². The zero-order chi connectivity index (χ0) is 11.5. The molecule has 1 heterocycles. The number of likely N-dealkylation sites (tertiary alicyclic amines) is 1. The molecule has 1 N–H and O–H groups in total. The number of nitrogens with zero attached hydrogens (tertiary/aromatic N) is 1. The highest BCUT2D eigenvalue weighted by Crippen LogP contribution is 2.20. The van der Waals surface area contributed by atoms with Gasteiger partial charge in [0.25, 0.3) is 0 Å². The van der Waals surface area contributed by atoms with E-state index in [0.717, 1.165) is 6.04 Å². The van der Waals surface area contributed by atoms with Gasteiger partial charge in [-0.2, -0.15) is 0 Å². The van der Waals surface area contributed by atoms with Crippen molar-refractivity contribution in [2.75, 3.05) is 20.1 Å². The fourth-order valence-corrected chi connectivity index (χ4v) is 2.01. The topological polar surface area (TPSA) is 15.3 Å². The number of hydrogen-bond acceptors (Lipinski definition) is 2. The molecule has 0 radical (unpaired) electrons. The maximum Gasteiger partial charge on any atom is 0.00898 e. The highest BCUT2D eigenvalue weighted by Gasteiger charge is 2.23. The summed E-state index contributed by atoms with van der Waals surface area (Å²) in [7, 11) is 2.23. The summed E-state index contributed by atoms with van der Waals surface area (Å²) in [5.41, 5.74) is 0.373. The van der Waals surface area contributed by atoms with Crippen LogP contribution in [-0.2, 0) is 0 Å². The Kier molecular flexibility index (Phi) is 4.60. The monoisotopic (exact) mass is 212 g/mol. The number of hydrogen-bond donors (Lipinski definition) is 1. The zero-order valence-corrected chi connectivity index (χ0v) is 11.1. The molecule has 1 aliphatic rings. The van der Waals surface area contributed by atoms with Crippen LogP contribution in [0.25, 0.3) is 0 Å². The molecule has 1 rings (SSSR count). The minimum Gasteiger partial charge on any atom is -0.311 e. The van der Waals surface area contributed by atoms with Crippen LogP contribution >= 0.6 is 0 Å². The molecular weight excluding hydrogens is 184 g/mol. The van der Waals surface area contributed by atoms with Crippen LogP contribution in [0.4, 0.5) is 0 Å². The first-order valence-electron chi connectivity index (χ1n) is 6.34. The second-order valence-electron chi connectivity index (χ2n) is 6.19. The lowest BCUT2D eigenvalue weighted by molar-refractivity contribution is 0.252. The van der Waals surface area contributed by atoms with Gasteiger partial charge in [0.1, 0.15) is 0 Å². The minimum absolute atomic E-state index is 0.373. The third kappa shape index (κ3) is 4.52. The van der Waals surface area contributed by atoms with Crippen molar-refractivity contribution in [2.45, 2.75) is 59.0 Å². The normalized spacial score (nSPS) is 27.4. The lowest BCUT2D eigenvalue weighted by atomic mass is 9.87. The van der Waals surface area contributed by atoms with E-state index in [1.807, 2.05) is 0 Å².